The first-order valence-electron chi connectivity index (χ1n) is 10.3. The molecule has 0 atom stereocenters. The first kappa shape index (κ1) is 21.9. The standard InChI is InChI=1S/C24H27Cl2NO2/c1-2-27-21-11-9-17(23(28)7-3-5-13-25)15-19(21)20-16-18(10-12-22(20)27)24(29)8-4-6-14-26/h9-12,15-16H,2-8,13-14H2,1H3. The molecule has 3 nitrogen and oxygen atoms in total. The molecule has 3 aromatic rings. The van der Waals surface area contributed by atoms with Gasteiger partial charge in [-0.2, -0.15) is 0 Å². The zero-order chi connectivity index (χ0) is 20.8. The third-order valence-electron chi connectivity index (χ3n) is 5.40. The van der Waals surface area contributed by atoms with Crippen molar-refractivity contribution in [3.8, 4) is 0 Å². The average molecular weight is 432 g/mol. The Labute approximate surface area is 182 Å². The van der Waals surface area contributed by atoms with E-state index in [0.717, 1.165) is 65.2 Å². The summed E-state index contributed by atoms with van der Waals surface area (Å²) in [5.74, 6) is 1.45. The van der Waals surface area contributed by atoms with Crippen LogP contribution in [0.4, 0.5) is 0 Å². The van der Waals surface area contributed by atoms with Crippen LogP contribution in [0.2, 0.25) is 0 Å². The van der Waals surface area contributed by atoms with Gasteiger partial charge in [-0.3, -0.25) is 9.59 Å². The van der Waals surface area contributed by atoms with Gasteiger partial charge in [0.1, 0.15) is 0 Å². The summed E-state index contributed by atoms with van der Waals surface area (Å²) in [5, 5.41) is 2.06. The third kappa shape index (κ3) is 4.84. The molecule has 1 heterocycles. The second kappa shape index (κ2) is 10.3. The first-order valence-corrected chi connectivity index (χ1v) is 11.4. The number of carbonyl (C=O) groups excluding carboxylic acids is 2. The van der Waals surface area contributed by atoms with E-state index in [0.29, 0.717) is 24.6 Å². The maximum atomic E-state index is 12.6. The number of alkyl halides is 2. The van der Waals surface area contributed by atoms with E-state index in [1.807, 2.05) is 36.4 Å². The van der Waals surface area contributed by atoms with Gasteiger partial charge < -0.3 is 4.57 Å². The number of aryl methyl sites for hydroxylation is 1. The summed E-state index contributed by atoms with van der Waals surface area (Å²) in [6.45, 7) is 2.93. The summed E-state index contributed by atoms with van der Waals surface area (Å²) >= 11 is 11.5. The Kier molecular flexibility index (Phi) is 7.74. The summed E-state index contributed by atoms with van der Waals surface area (Å²) in [6.07, 6.45) is 4.32. The average Bonchev–Trinajstić information content (AvgIpc) is 3.06. The van der Waals surface area contributed by atoms with Crippen LogP contribution in [-0.2, 0) is 6.54 Å². The molecule has 2 aromatic carbocycles. The molecular weight excluding hydrogens is 405 g/mol. The molecular formula is C24H27Cl2NO2. The van der Waals surface area contributed by atoms with Crippen molar-refractivity contribution in [1.82, 2.24) is 4.57 Å². The topological polar surface area (TPSA) is 39.1 Å². The lowest BCUT2D eigenvalue weighted by Crippen LogP contribution is -1.99. The number of Topliss-reactive ketones (excluding diaryl/α,β-unsaturated/α-hetero) is 2. The highest BCUT2D eigenvalue weighted by atomic mass is 35.5. The molecule has 0 radical (unpaired) electrons. The molecule has 0 aliphatic carbocycles. The van der Waals surface area contributed by atoms with E-state index < -0.39 is 0 Å². The molecule has 0 spiro atoms. The van der Waals surface area contributed by atoms with E-state index in [1.54, 1.807) is 0 Å². The number of halogens is 2. The smallest absolute Gasteiger partial charge is 0.162 e. The van der Waals surface area contributed by atoms with Crippen LogP contribution in [0.5, 0.6) is 0 Å². The summed E-state index contributed by atoms with van der Waals surface area (Å²) in [7, 11) is 0. The van der Waals surface area contributed by atoms with E-state index in [1.165, 1.54) is 0 Å². The molecule has 0 saturated carbocycles. The van der Waals surface area contributed by atoms with Crippen molar-refractivity contribution in [3.05, 3.63) is 47.5 Å². The lowest BCUT2D eigenvalue weighted by atomic mass is 10.0. The van der Waals surface area contributed by atoms with Gasteiger partial charge in [-0.15, -0.1) is 23.2 Å². The molecule has 0 aliphatic rings. The minimum Gasteiger partial charge on any atom is -0.341 e. The fourth-order valence-electron chi connectivity index (χ4n) is 3.84. The normalized spacial score (nSPS) is 11.4. The molecule has 0 N–H and O–H groups in total. The van der Waals surface area contributed by atoms with Crippen molar-refractivity contribution in [2.24, 2.45) is 0 Å². The number of hydrogen-bond donors (Lipinski definition) is 0. The second-order valence-electron chi connectivity index (χ2n) is 7.35. The van der Waals surface area contributed by atoms with Crippen LogP contribution >= 0.6 is 23.2 Å². The Hall–Kier alpha value is -1.84. The van der Waals surface area contributed by atoms with Crippen molar-refractivity contribution in [3.63, 3.8) is 0 Å². The van der Waals surface area contributed by atoms with E-state index in [4.69, 9.17) is 23.2 Å². The van der Waals surface area contributed by atoms with Crippen LogP contribution in [0.15, 0.2) is 36.4 Å². The molecule has 154 valence electrons. The lowest BCUT2D eigenvalue weighted by Gasteiger charge is -2.04. The van der Waals surface area contributed by atoms with Gasteiger partial charge in [-0.05, 0) is 69.0 Å². The SMILES string of the molecule is CCn1c2ccc(C(=O)CCCCCl)cc2c2cc(C(=O)CCCCCl)ccc21. The molecule has 0 unspecified atom stereocenters. The summed E-state index contributed by atoms with van der Waals surface area (Å²) in [5.41, 5.74) is 3.63. The van der Waals surface area contributed by atoms with Gasteiger partial charge >= 0.3 is 0 Å². The first-order chi connectivity index (χ1) is 14.1. The summed E-state index contributed by atoms with van der Waals surface area (Å²) in [4.78, 5) is 25.2. The molecule has 0 saturated heterocycles. The Bertz CT molecular complexity index is 943. The minimum absolute atomic E-state index is 0.141. The summed E-state index contributed by atoms with van der Waals surface area (Å²) < 4.78 is 2.23. The molecule has 29 heavy (non-hydrogen) atoms. The van der Waals surface area contributed by atoms with Crippen LogP contribution in [-0.4, -0.2) is 27.9 Å². The minimum atomic E-state index is 0.141. The van der Waals surface area contributed by atoms with Crippen LogP contribution < -0.4 is 0 Å². The predicted molar refractivity (Wildman–Crippen MR) is 123 cm³/mol. The lowest BCUT2D eigenvalue weighted by molar-refractivity contribution is 0.0972. The largest absolute Gasteiger partial charge is 0.341 e. The number of benzene rings is 2. The molecule has 0 bridgehead atoms. The van der Waals surface area contributed by atoms with E-state index >= 15 is 0 Å². The van der Waals surface area contributed by atoms with Gasteiger partial charge in [-0.25, -0.2) is 0 Å². The number of carbonyl (C=O) groups is 2. The Morgan fingerprint density at radius 1 is 0.759 bits per heavy atom. The molecule has 0 fully saturated rings. The Balaban J connectivity index is 2.00. The highest BCUT2D eigenvalue weighted by Gasteiger charge is 2.15. The van der Waals surface area contributed by atoms with Crippen molar-refractivity contribution in [2.75, 3.05) is 11.8 Å². The van der Waals surface area contributed by atoms with Crippen LogP contribution in [0.3, 0.4) is 0 Å². The van der Waals surface area contributed by atoms with Gasteiger partial charge in [0, 0.05) is 64.1 Å². The Morgan fingerprint density at radius 3 is 1.59 bits per heavy atom. The predicted octanol–water partition coefficient (Wildman–Crippen LogP) is 7.00. The van der Waals surface area contributed by atoms with Gasteiger partial charge in [0.25, 0.3) is 0 Å². The number of rotatable bonds is 11. The number of fused-ring (bicyclic) bond motifs is 3. The number of aromatic nitrogens is 1. The number of hydrogen-bond acceptors (Lipinski definition) is 2. The second-order valence-corrected chi connectivity index (χ2v) is 8.10. The molecule has 0 aliphatic heterocycles. The molecule has 1 aromatic heterocycles. The van der Waals surface area contributed by atoms with Crippen molar-refractivity contribution in [1.29, 1.82) is 0 Å². The number of nitrogens with zero attached hydrogens (tertiary/aromatic N) is 1. The van der Waals surface area contributed by atoms with E-state index in [9.17, 15) is 9.59 Å². The van der Waals surface area contributed by atoms with Crippen LogP contribution in [0.1, 0.15) is 66.2 Å². The monoisotopic (exact) mass is 431 g/mol. The van der Waals surface area contributed by atoms with Crippen molar-refractivity contribution >= 4 is 56.6 Å². The molecule has 0 amide bonds. The maximum absolute atomic E-state index is 12.6. The summed E-state index contributed by atoms with van der Waals surface area (Å²) in [6, 6.07) is 11.8. The fraction of sp³-hybridized carbons (Fsp3) is 0.417. The van der Waals surface area contributed by atoms with Crippen molar-refractivity contribution in [2.45, 2.75) is 52.0 Å². The highest BCUT2D eigenvalue weighted by molar-refractivity contribution is 6.18. The zero-order valence-corrected chi connectivity index (χ0v) is 18.4. The highest BCUT2D eigenvalue weighted by Crippen LogP contribution is 2.31. The number of unbranched alkanes of at least 4 members (excludes halogenated alkanes) is 2. The van der Waals surface area contributed by atoms with Crippen LogP contribution in [0.25, 0.3) is 21.8 Å². The third-order valence-corrected chi connectivity index (χ3v) is 5.93. The Morgan fingerprint density at radius 2 is 1.21 bits per heavy atom. The quantitative estimate of drug-likeness (QED) is 0.186. The van der Waals surface area contributed by atoms with E-state index in [-0.39, 0.29) is 11.6 Å². The van der Waals surface area contributed by atoms with E-state index in [2.05, 4.69) is 11.5 Å². The van der Waals surface area contributed by atoms with Gasteiger partial charge in [0.15, 0.2) is 11.6 Å². The molecule has 3 rings (SSSR count). The van der Waals surface area contributed by atoms with Gasteiger partial charge in [-0.1, -0.05) is 0 Å². The van der Waals surface area contributed by atoms with Gasteiger partial charge in [0.05, 0.1) is 0 Å². The van der Waals surface area contributed by atoms with Gasteiger partial charge in [0.2, 0.25) is 0 Å². The molecule has 5 heteroatoms. The fourth-order valence-corrected chi connectivity index (χ4v) is 4.22. The van der Waals surface area contributed by atoms with Crippen LogP contribution in [0, 0.1) is 0 Å². The maximum Gasteiger partial charge on any atom is 0.162 e. The van der Waals surface area contributed by atoms with Crippen molar-refractivity contribution < 1.29 is 9.59 Å². The zero-order valence-electron chi connectivity index (χ0n) is 16.8. The number of ketones is 2.